The summed E-state index contributed by atoms with van der Waals surface area (Å²) in [6.07, 6.45) is 1.62. The minimum absolute atomic E-state index is 0.0830. The zero-order valence-electron chi connectivity index (χ0n) is 26.1. The van der Waals surface area contributed by atoms with E-state index in [4.69, 9.17) is 9.47 Å². The van der Waals surface area contributed by atoms with Gasteiger partial charge in [0, 0.05) is 44.5 Å². The lowest BCUT2D eigenvalue weighted by Gasteiger charge is -2.18. The van der Waals surface area contributed by atoms with Gasteiger partial charge in [-0.05, 0) is 65.7 Å². The molecule has 0 aliphatic heterocycles. The van der Waals surface area contributed by atoms with Crippen LogP contribution in [0.3, 0.4) is 0 Å². The minimum atomic E-state index is -0.586. The Balaban J connectivity index is 1.33. The van der Waals surface area contributed by atoms with E-state index < -0.39 is 17.1 Å². The van der Waals surface area contributed by atoms with Gasteiger partial charge in [-0.3, -0.25) is 14.4 Å². The fourth-order valence-corrected chi connectivity index (χ4v) is 5.90. The number of anilines is 2. The molecule has 0 bridgehead atoms. The van der Waals surface area contributed by atoms with Crippen LogP contribution in [0.5, 0.6) is 11.5 Å². The highest BCUT2D eigenvalue weighted by molar-refractivity contribution is 9.10. The molecule has 1 atom stereocenters. The maximum absolute atomic E-state index is 13.6. The molecule has 0 aliphatic rings. The van der Waals surface area contributed by atoms with Crippen molar-refractivity contribution in [3.8, 4) is 11.5 Å². The Labute approximate surface area is 291 Å². The number of nitrogens with one attached hydrogen (secondary N) is 3. The summed E-state index contributed by atoms with van der Waals surface area (Å²) >= 11 is 4.79. The lowest BCUT2D eigenvalue weighted by atomic mass is 10.1. The van der Waals surface area contributed by atoms with Crippen LogP contribution in [0.2, 0.25) is 0 Å². The highest BCUT2D eigenvalue weighted by Gasteiger charge is 2.23. The van der Waals surface area contributed by atoms with Gasteiger partial charge in [-0.1, -0.05) is 76.6 Å². The van der Waals surface area contributed by atoms with Crippen LogP contribution < -0.4 is 25.4 Å². The van der Waals surface area contributed by atoms with E-state index in [0.717, 1.165) is 20.5 Å². The second-order valence-electron chi connectivity index (χ2n) is 10.4. The van der Waals surface area contributed by atoms with E-state index in [1.807, 2.05) is 72.8 Å². The van der Waals surface area contributed by atoms with E-state index in [0.29, 0.717) is 28.4 Å². The molecule has 1 unspecified atom stereocenters. The van der Waals surface area contributed by atoms with Crippen LogP contribution in [-0.2, 0) is 9.59 Å². The first-order valence-electron chi connectivity index (χ1n) is 14.8. The van der Waals surface area contributed by atoms with Crippen LogP contribution in [0.4, 0.5) is 11.4 Å². The van der Waals surface area contributed by atoms with Gasteiger partial charge in [0.15, 0.2) is 0 Å². The van der Waals surface area contributed by atoms with E-state index in [1.165, 1.54) is 11.8 Å². The largest absolute Gasteiger partial charge is 0.497 e. The molecule has 10 heteroatoms. The summed E-state index contributed by atoms with van der Waals surface area (Å²) < 4.78 is 11.6. The van der Waals surface area contributed by atoms with Crippen LogP contribution in [0.1, 0.15) is 26.7 Å². The first-order chi connectivity index (χ1) is 23.3. The average molecular weight is 723 g/mol. The van der Waals surface area contributed by atoms with E-state index >= 15 is 0 Å². The summed E-state index contributed by atoms with van der Waals surface area (Å²) in [5.41, 5.74) is 3.13. The molecule has 3 N–H and O–H groups in total. The number of hydrogen-bond donors (Lipinski definition) is 3. The summed E-state index contributed by atoms with van der Waals surface area (Å²) in [6.45, 7) is 0. The molecular formula is C38H32BrN3O5S. The van der Waals surface area contributed by atoms with Crippen molar-refractivity contribution in [3.63, 3.8) is 0 Å². The van der Waals surface area contributed by atoms with E-state index in [2.05, 4.69) is 31.9 Å². The molecule has 0 fully saturated rings. The van der Waals surface area contributed by atoms with Crippen molar-refractivity contribution in [2.45, 2.75) is 10.1 Å². The Morgan fingerprint density at radius 2 is 1.31 bits per heavy atom. The number of hydrogen-bond acceptors (Lipinski definition) is 6. The van der Waals surface area contributed by atoms with Crippen molar-refractivity contribution in [2.24, 2.45) is 0 Å². The maximum Gasteiger partial charge on any atom is 0.272 e. The number of rotatable bonds is 12. The summed E-state index contributed by atoms with van der Waals surface area (Å²) in [5, 5.41) is 8.03. The summed E-state index contributed by atoms with van der Waals surface area (Å²) in [7, 11) is 3.10. The number of methoxy groups -OCH3 is 2. The fraction of sp³-hybridized carbons (Fsp3) is 0.0789. The van der Waals surface area contributed by atoms with Crippen molar-refractivity contribution in [1.82, 2.24) is 5.32 Å². The lowest BCUT2D eigenvalue weighted by molar-refractivity contribution is -0.116. The van der Waals surface area contributed by atoms with Gasteiger partial charge >= 0.3 is 0 Å². The van der Waals surface area contributed by atoms with Crippen LogP contribution in [-0.4, -0.2) is 31.9 Å². The molecule has 3 amide bonds. The molecule has 0 aliphatic carbocycles. The summed E-state index contributed by atoms with van der Waals surface area (Å²) in [4.78, 5) is 40.9. The molecule has 0 spiro atoms. The Morgan fingerprint density at radius 1 is 0.708 bits per heavy atom. The average Bonchev–Trinajstić information content (AvgIpc) is 3.12. The van der Waals surface area contributed by atoms with Crippen LogP contribution >= 0.6 is 27.7 Å². The van der Waals surface area contributed by atoms with Crippen molar-refractivity contribution in [1.29, 1.82) is 0 Å². The third-order valence-electron chi connectivity index (χ3n) is 7.04. The second-order valence-corrected chi connectivity index (χ2v) is 12.5. The van der Waals surface area contributed by atoms with Crippen molar-refractivity contribution in [2.75, 3.05) is 24.9 Å². The summed E-state index contributed by atoms with van der Waals surface area (Å²) in [6, 6.07) is 37.9. The zero-order valence-corrected chi connectivity index (χ0v) is 28.5. The molecule has 0 heterocycles. The van der Waals surface area contributed by atoms with E-state index in [1.54, 1.807) is 74.9 Å². The monoisotopic (exact) mass is 721 g/mol. The van der Waals surface area contributed by atoms with Gasteiger partial charge in [0.2, 0.25) is 5.91 Å². The van der Waals surface area contributed by atoms with Gasteiger partial charge in [-0.25, -0.2) is 0 Å². The number of carbonyl (C=O) groups is 3. The van der Waals surface area contributed by atoms with Crippen molar-refractivity contribution < 1.29 is 23.9 Å². The molecule has 8 nitrogen and oxygen atoms in total. The lowest BCUT2D eigenvalue weighted by Crippen LogP contribution is -2.30. The molecule has 0 radical (unpaired) electrons. The first kappa shape index (κ1) is 34.0. The number of ether oxygens (including phenoxy) is 2. The van der Waals surface area contributed by atoms with E-state index in [9.17, 15) is 14.4 Å². The molecule has 48 heavy (non-hydrogen) atoms. The van der Waals surface area contributed by atoms with Crippen LogP contribution in [0.25, 0.3) is 6.08 Å². The number of amides is 3. The van der Waals surface area contributed by atoms with Gasteiger partial charge in [0.25, 0.3) is 11.8 Å². The third-order valence-corrected chi connectivity index (χ3v) is 8.83. The zero-order chi connectivity index (χ0) is 33.9. The fourth-order valence-electron chi connectivity index (χ4n) is 4.61. The Morgan fingerprint density at radius 3 is 1.92 bits per heavy atom. The molecule has 5 aromatic carbocycles. The minimum Gasteiger partial charge on any atom is -0.497 e. The van der Waals surface area contributed by atoms with Crippen molar-refractivity contribution in [3.05, 3.63) is 154 Å². The van der Waals surface area contributed by atoms with Gasteiger partial charge < -0.3 is 25.4 Å². The van der Waals surface area contributed by atoms with Crippen molar-refractivity contribution >= 4 is 62.9 Å². The predicted molar refractivity (Wildman–Crippen MR) is 194 cm³/mol. The van der Waals surface area contributed by atoms with Gasteiger partial charge in [0.05, 0.1) is 14.2 Å². The van der Waals surface area contributed by atoms with E-state index in [-0.39, 0.29) is 11.6 Å². The summed E-state index contributed by atoms with van der Waals surface area (Å²) in [5.74, 6) is -0.00606. The molecule has 0 aromatic heterocycles. The predicted octanol–water partition coefficient (Wildman–Crippen LogP) is 8.35. The number of benzene rings is 5. The Kier molecular flexibility index (Phi) is 11.7. The first-order valence-corrected chi connectivity index (χ1v) is 16.5. The molecule has 0 saturated carbocycles. The SMILES string of the molecule is COc1cc(NC(=O)C(Sc2ccc(NC(=O)/C(=C/c3ccc(Br)cc3)NC(=O)c3ccccc3)cc2)c2ccccc2)cc(OC)c1. The van der Waals surface area contributed by atoms with Gasteiger partial charge in [0.1, 0.15) is 22.4 Å². The standard InChI is InChI=1S/C38H32BrN3O5S/c1-46-31-22-30(23-32(24-31)47-2)41-38(45)35(26-9-5-3-6-10-26)48-33-19-17-29(18-20-33)40-37(44)34(21-25-13-15-28(39)16-14-25)42-36(43)27-11-7-4-8-12-27/h3-24,35H,1-2H3,(H,40,44)(H,41,45)(H,42,43)/b34-21-. The normalized spacial score (nSPS) is 11.6. The Hall–Kier alpha value is -5.32. The van der Waals surface area contributed by atoms with Crippen LogP contribution in [0.15, 0.2) is 142 Å². The Bertz CT molecular complexity index is 1880. The molecule has 0 saturated heterocycles. The highest BCUT2D eigenvalue weighted by atomic mass is 79.9. The smallest absolute Gasteiger partial charge is 0.272 e. The topological polar surface area (TPSA) is 106 Å². The highest BCUT2D eigenvalue weighted by Crippen LogP contribution is 2.37. The van der Waals surface area contributed by atoms with Gasteiger partial charge in [-0.2, -0.15) is 0 Å². The number of halogens is 1. The van der Waals surface area contributed by atoms with Crippen LogP contribution in [0, 0.1) is 0 Å². The number of carbonyl (C=O) groups excluding carboxylic acids is 3. The molecule has 5 rings (SSSR count). The number of thioether (sulfide) groups is 1. The molecule has 5 aromatic rings. The van der Waals surface area contributed by atoms with Gasteiger partial charge in [-0.15, -0.1) is 11.8 Å². The third kappa shape index (κ3) is 9.37. The quantitative estimate of drug-likeness (QED) is 0.0884. The molecular weight excluding hydrogens is 690 g/mol. The maximum atomic E-state index is 13.6. The molecule has 242 valence electrons. The second kappa shape index (κ2) is 16.5.